The molecule has 14 heavy (non-hydrogen) atoms. The molecule has 0 saturated heterocycles. The first-order valence-electron chi connectivity index (χ1n) is 4.70. The molecular weight excluding hydrogens is 186 g/mol. The number of halogens is 2. The second-order valence-electron chi connectivity index (χ2n) is 4.07. The lowest BCUT2D eigenvalue weighted by Crippen LogP contribution is -2.11. The van der Waals surface area contributed by atoms with Crippen LogP contribution in [0.4, 0.5) is 8.78 Å². The summed E-state index contributed by atoms with van der Waals surface area (Å²) in [6.07, 6.45) is 2.37. The predicted octanol–water partition coefficient (Wildman–Crippen LogP) is 2.28. The van der Waals surface area contributed by atoms with Crippen molar-refractivity contribution in [3.63, 3.8) is 0 Å². The zero-order chi connectivity index (χ0) is 10.2. The lowest BCUT2D eigenvalue weighted by molar-refractivity contribution is 0.210. The van der Waals surface area contributed by atoms with Crippen LogP contribution in [0.25, 0.3) is 0 Å². The zero-order valence-electron chi connectivity index (χ0n) is 7.76. The molecule has 3 heteroatoms. The van der Waals surface area contributed by atoms with Gasteiger partial charge in [-0.2, -0.15) is 0 Å². The summed E-state index contributed by atoms with van der Waals surface area (Å²) >= 11 is 0. The summed E-state index contributed by atoms with van der Waals surface area (Å²) in [5, 5.41) is 9.07. The molecule has 1 aromatic rings. The summed E-state index contributed by atoms with van der Waals surface area (Å²) < 4.78 is 25.8. The van der Waals surface area contributed by atoms with E-state index in [1.54, 1.807) is 0 Å². The van der Waals surface area contributed by atoms with E-state index in [0.717, 1.165) is 18.9 Å². The summed E-state index contributed by atoms with van der Waals surface area (Å²) in [6, 6.07) is 3.61. The number of benzene rings is 1. The van der Waals surface area contributed by atoms with E-state index in [-0.39, 0.29) is 12.0 Å². The number of hydrogen-bond donors (Lipinski definition) is 1. The highest BCUT2D eigenvalue weighted by Crippen LogP contribution is 2.48. The Morgan fingerprint density at radius 2 is 2.00 bits per heavy atom. The van der Waals surface area contributed by atoms with Crippen LogP contribution in [0.2, 0.25) is 0 Å². The van der Waals surface area contributed by atoms with Crippen LogP contribution in [0.15, 0.2) is 18.2 Å². The van der Waals surface area contributed by atoms with Crippen LogP contribution in [-0.4, -0.2) is 11.7 Å². The molecule has 0 atom stereocenters. The second-order valence-corrected chi connectivity index (χ2v) is 4.07. The Hall–Kier alpha value is -0.960. The van der Waals surface area contributed by atoms with Gasteiger partial charge in [0, 0.05) is 12.7 Å². The average Bonchev–Trinajstić information content (AvgIpc) is 2.91. The molecule has 0 heterocycles. The van der Waals surface area contributed by atoms with E-state index in [0.29, 0.717) is 12.0 Å². The normalized spacial score (nSPS) is 18.2. The van der Waals surface area contributed by atoms with Crippen molar-refractivity contribution in [1.29, 1.82) is 0 Å². The molecule has 76 valence electrons. The van der Waals surface area contributed by atoms with Gasteiger partial charge in [-0.25, -0.2) is 8.78 Å². The van der Waals surface area contributed by atoms with Crippen LogP contribution in [0.3, 0.4) is 0 Å². The first kappa shape index (κ1) is 9.59. The maximum atomic E-state index is 13.2. The molecular formula is C11H12F2O. The second kappa shape index (κ2) is 3.31. The largest absolute Gasteiger partial charge is 0.396 e. The van der Waals surface area contributed by atoms with Gasteiger partial charge in [0.05, 0.1) is 0 Å². The Bertz CT molecular complexity index is 345. The van der Waals surface area contributed by atoms with E-state index in [2.05, 4.69) is 0 Å². The Morgan fingerprint density at radius 1 is 1.29 bits per heavy atom. The van der Waals surface area contributed by atoms with Crippen molar-refractivity contribution in [2.24, 2.45) is 5.41 Å². The van der Waals surface area contributed by atoms with Crippen molar-refractivity contribution in [2.75, 3.05) is 6.61 Å². The Morgan fingerprint density at radius 3 is 2.50 bits per heavy atom. The molecule has 1 saturated carbocycles. The molecule has 0 spiro atoms. The molecule has 1 aliphatic rings. The topological polar surface area (TPSA) is 20.2 Å². The lowest BCUT2D eigenvalue weighted by Gasteiger charge is -2.11. The molecule has 0 bridgehead atoms. The highest BCUT2D eigenvalue weighted by Gasteiger charge is 2.42. The SMILES string of the molecule is OCC1(Cc2ccc(F)cc2F)CC1. The summed E-state index contributed by atoms with van der Waals surface area (Å²) in [5.74, 6) is -1.06. The summed E-state index contributed by atoms with van der Waals surface area (Å²) in [5.41, 5.74) is 0.372. The predicted molar refractivity (Wildman–Crippen MR) is 48.8 cm³/mol. The third-order valence-electron chi connectivity index (χ3n) is 2.87. The minimum atomic E-state index is -0.555. The molecule has 1 nitrogen and oxygen atoms in total. The number of hydrogen-bond acceptors (Lipinski definition) is 1. The fourth-order valence-electron chi connectivity index (χ4n) is 1.64. The van der Waals surface area contributed by atoms with Gasteiger partial charge in [0.2, 0.25) is 0 Å². The molecule has 1 aliphatic carbocycles. The Kier molecular flexibility index (Phi) is 2.27. The van der Waals surface area contributed by atoms with E-state index >= 15 is 0 Å². The number of rotatable bonds is 3. The average molecular weight is 198 g/mol. The minimum absolute atomic E-state index is 0.0871. The van der Waals surface area contributed by atoms with Gasteiger partial charge < -0.3 is 5.11 Å². The fourth-order valence-corrected chi connectivity index (χ4v) is 1.64. The summed E-state index contributed by atoms with van der Waals surface area (Å²) in [6.45, 7) is 0.0871. The number of aliphatic hydroxyl groups excluding tert-OH is 1. The summed E-state index contributed by atoms with van der Waals surface area (Å²) in [4.78, 5) is 0. The van der Waals surface area contributed by atoms with Gasteiger partial charge in [-0.15, -0.1) is 0 Å². The van der Waals surface area contributed by atoms with Gasteiger partial charge in [-0.05, 0) is 36.3 Å². The smallest absolute Gasteiger partial charge is 0.129 e. The molecule has 0 unspecified atom stereocenters. The fraction of sp³-hybridized carbons (Fsp3) is 0.455. The van der Waals surface area contributed by atoms with Gasteiger partial charge in [0.25, 0.3) is 0 Å². The first-order chi connectivity index (χ1) is 6.65. The maximum absolute atomic E-state index is 13.2. The summed E-state index contributed by atoms with van der Waals surface area (Å²) in [7, 11) is 0. The number of aliphatic hydroxyl groups is 1. The van der Waals surface area contributed by atoms with Gasteiger partial charge in [0.1, 0.15) is 11.6 Å². The molecule has 1 aromatic carbocycles. The standard InChI is InChI=1S/C11H12F2O/c12-9-2-1-8(10(13)5-9)6-11(7-14)3-4-11/h1-2,5,14H,3-4,6-7H2. The molecule has 0 aromatic heterocycles. The van der Waals surface area contributed by atoms with E-state index in [4.69, 9.17) is 5.11 Å². The minimum Gasteiger partial charge on any atom is -0.396 e. The molecule has 2 rings (SSSR count). The molecule has 0 amide bonds. The van der Waals surface area contributed by atoms with E-state index in [9.17, 15) is 8.78 Å². The Labute approximate surface area is 81.4 Å². The highest BCUT2D eigenvalue weighted by atomic mass is 19.1. The van der Waals surface area contributed by atoms with Crippen molar-refractivity contribution < 1.29 is 13.9 Å². The van der Waals surface area contributed by atoms with Crippen molar-refractivity contribution in [3.05, 3.63) is 35.4 Å². The van der Waals surface area contributed by atoms with Crippen molar-refractivity contribution in [2.45, 2.75) is 19.3 Å². The quantitative estimate of drug-likeness (QED) is 0.790. The highest BCUT2D eigenvalue weighted by molar-refractivity contribution is 5.21. The van der Waals surface area contributed by atoms with Crippen LogP contribution in [0.1, 0.15) is 18.4 Å². The molecule has 0 aliphatic heterocycles. The zero-order valence-corrected chi connectivity index (χ0v) is 7.76. The van der Waals surface area contributed by atoms with Crippen LogP contribution < -0.4 is 0 Å². The lowest BCUT2D eigenvalue weighted by atomic mass is 9.97. The van der Waals surface area contributed by atoms with E-state index in [1.807, 2.05) is 0 Å². The van der Waals surface area contributed by atoms with Crippen LogP contribution >= 0.6 is 0 Å². The van der Waals surface area contributed by atoms with Gasteiger partial charge >= 0.3 is 0 Å². The van der Waals surface area contributed by atoms with Crippen molar-refractivity contribution >= 4 is 0 Å². The maximum Gasteiger partial charge on any atom is 0.129 e. The third-order valence-corrected chi connectivity index (χ3v) is 2.87. The third kappa shape index (κ3) is 1.77. The van der Waals surface area contributed by atoms with E-state index < -0.39 is 11.6 Å². The van der Waals surface area contributed by atoms with Crippen LogP contribution in [0, 0.1) is 17.0 Å². The van der Waals surface area contributed by atoms with E-state index in [1.165, 1.54) is 12.1 Å². The molecule has 1 fully saturated rings. The van der Waals surface area contributed by atoms with Crippen molar-refractivity contribution in [3.8, 4) is 0 Å². The molecule has 0 radical (unpaired) electrons. The molecule has 1 N–H and O–H groups in total. The first-order valence-corrected chi connectivity index (χ1v) is 4.70. The van der Waals surface area contributed by atoms with Crippen LogP contribution in [-0.2, 0) is 6.42 Å². The van der Waals surface area contributed by atoms with Crippen LogP contribution in [0.5, 0.6) is 0 Å². The van der Waals surface area contributed by atoms with Gasteiger partial charge in [-0.3, -0.25) is 0 Å². The Balaban J connectivity index is 2.17. The monoisotopic (exact) mass is 198 g/mol. The van der Waals surface area contributed by atoms with Gasteiger partial charge in [0.15, 0.2) is 0 Å². The van der Waals surface area contributed by atoms with Crippen molar-refractivity contribution in [1.82, 2.24) is 0 Å². The van der Waals surface area contributed by atoms with Gasteiger partial charge in [-0.1, -0.05) is 6.07 Å².